The largest absolute Gasteiger partial charge is 0.490 e. The standard InChI is InChI=1S/C24H31N3O5S/c1-13(2)6-18-12-33-22(16(18)5)23-26-24(32-27-23)17-7-14(3)21(15(4)8-17)31-11-19(29)9-25-20(30)10-28/h7-8,12-13,19,28-29H,6,9-11H2,1-5H3,(H,25,30). The van der Waals surface area contributed by atoms with Gasteiger partial charge in [-0.3, -0.25) is 4.79 Å². The van der Waals surface area contributed by atoms with E-state index in [9.17, 15) is 9.90 Å². The zero-order valence-electron chi connectivity index (χ0n) is 19.6. The first-order chi connectivity index (χ1) is 15.7. The molecule has 3 aromatic rings. The van der Waals surface area contributed by atoms with Crippen molar-refractivity contribution in [1.82, 2.24) is 15.5 Å². The molecule has 0 saturated carbocycles. The van der Waals surface area contributed by atoms with Crippen molar-refractivity contribution in [2.75, 3.05) is 19.8 Å². The minimum absolute atomic E-state index is 0.00134. The van der Waals surface area contributed by atoms with Gasteiger partial charge in [0.1, 0.15) is 25.1 Å². The van der Waals surface area contributed by atoms with Gasteiger partial charge in [0.15, 0.2) is 0 Å². The van der Waals surface area contributed by atoms with Crippen LogP contribution in [0.1, 0.15) is 36.1 Å². The second kappa shape index (κ2) is 10.9. The maximum Gasteiger partial charge on any atom is 0.258 e. The fourth-order valence-corrected chi connectivity index (χ4v) is 4.60. The molecule has 33 heavy (non-hydrogen) atoms. The molecule has 0 aliphatic carbocycles. The molecule has 3 N–H and O–H groups in total. The van der Waals surface area contributed by atoms with E-state index in [1.165, 1.54) is 11.1 Å². The summed E-state index contributed by atoms with van der Waals surface area (Å²) in [7, 11) is 0. The summed E-state index contributed by atoms with van der Waals surface area (Å²) in [5.74, 6) is 1.72. The minimum atomic E-state index is -0.896. The lowest BCUT2D eigenvalue weighted by molar-refractivity contribution is -0.124. The van der Waals surface area contributed by atoms with Crippen LogP contribution in [0.3, 0.4) is 0 Å². The average Bonchev–Trinajstić information content (AvgIpc) is 3.38. The molecule has 0 fully saturated rings. The van der Waals surface area contributed by atoms with Crippen LogP contribution in [0, 0.1) is 26.7 Å². The third kappa shape index (κ3) is 6.19. The molecule has 0 spiro atoms. The van der Waals surface area contributed by atoms with Crippen LogP contribution in [0.15, 0.2) is 22.0 Å². The molecule has 1 atom stereocenters. The Balaban J connectivity index is 1.72. The zero-order valence-corrected chi connectivity index (χ0v) is 20.5. The first kappa shape index (κ1) is 24.9. The van der Waals surface area contributed by atoms with Crippen LogP contribution in [0.4, 0.5) is 0 Å². The summed E-state index contributed by atoms with van der Waals surface area (Å²) in [4.78, 5) is 16.7. The third-order valence-corrected chi connectivity index (χ3v) is 6.33. The van der Waals surface area contributed by atoms with Crippen molar-refractivity contribution in [2.24, 2.45) is 5.92 Å². The van der Waals surface area contributed by atoms with Gasteiger partial charge in [0.2, 0.25) is 11.7 Å². The number of amides is 1. The number of aliphatic hydroxyl groups excluding tert-OH is 2. The monoisotopic (exact) mass is 473 g/mol. The normalized spacial score (nSPS) is 12.2. The summed E-state index contributed by atoms with van der Waals surface area (Å²) < 4.78 is 11.3. The molecule has 0 aliphatic rings. The van der Waals surface area contributed by atoms with Crippen LogP contribution >= 0.6 is 11.3 Å². The van der Waals surface area contributed by atoms with Crippen molar-refractivity contribution in [2.45, 2.75) is 47.1 Å². The number of benzene rings is 1. The number of nitrogens with zero attached hydrogens (tertiary/aromatic N) is 2. The summed E-state index contributed by atoms with van der Waals surface area (Å²) >= 11 is 1.64. The van der Waals surface area contributed by atoms with Crippen LogP contribution in [-0.4, -0.2) is 52.1 Å². The molecular formula is C24H31N3O5S. The first-order valence-electron chi connectivity index (χ1n) is 10.9. The van der Waals surface area contributed by atoms with Gasteiger partial charge < -0.3 is 24.8 Å². The number of aromatic nitrogens is 2. The van der Waals surface area contributed by atoms with E-state index in [1.807, 2.05) is 26.0 Å². The van der Waals surface area contributed by atoms with Crippen LogP contribution in [-0.2, 0) is 11.2 Å². The smallest absolute Gasteiger partial charge is 0.258 e. The average molecular weight is 474 g/mol. The number of carbonyl (C=O) groups is 1. The Hall–Kier alpha value is -2.75. The number of thiophene rings is 1. The van der Waals surface area contributed by atoms with Crippen LogP contribution in [0.2, 0.25) is 0 Å². The highest BCUT2D eigenvalue weighted by atomic mass is 32.1. The highest BCUT2D eigenvalue weighted by Gasteiger charge is 2.18. The molecule has 3 rings (SSSR count). The Labute approximate surface area is 197 Å². The number of aliphatic hydroxyl groups is 2. The summed E-state index contributed by atoms with van der Waals surface area (Å²) in [6.07, 6.45) is 0.127. The van der Waals surface area contributed by atoms with E-state index < -0.39 is 18.6 Å². The Morgan fingerprint density at radius 1 is 1.24 bits per heavy atom. The van der Waals surface area contributed by atoms with Crippen molar-refractivity contribution in [1.29, 1.82) is 0 Å². The summed E-state index contributed by atoms with van der Waals surface area (Å²) in [6.45, 7) is 9.72. The van der Waals surface area contributed by atoms with Crippen molar-refractivity contribution in [3.05, 3.63) is 39.8 Å². The number of hydrogen-bond donors (Lipinski definition) is 3. The number of nitrogens with one attached hydrogen (secondary N) is 1. The molecule has 2 aromatic heterocycles. The van der Waals surface area contributed by atoms with Gasteiger partial charge in [0.05, 0.1) is 4.88 Å². The van der Waals surface area contributed by atoms with Gasteiger partial charge in [-0.1, -0.05) is 19.0 Å². The molecule has 0 saturated heterocycles. The molecule has 1 amide bonds. The SMILES string of the molecule is Cc1cc(-c2nc(-c3scc(CC(C)C)c3C)no2)cc(C)c1OCC(O)CNC(=O)CO. The molecule has 9 heteroatoms. The molecular weight excluding hydrogens is 442 g/mol. The summed E-state index contributed by atoms with van der Waals surface area (Å²) in [5, 5.41) is 27.5. The highest BCUT2D eigenvalue weighted by molar-refractivity contribution is 7.13. The van der Waals surface area contributed by atoms with Gasteiger partial charge in [-0.05, 0) is 72.9 Å². The van der Waals surface area contributed by atoms with E-state index in [0.29, 0.717) is 23.4 Å². The molecule has 0 bridgehead atoms. The Bertz CT molecular complexity index is 1080. The van der Waals surface area contributed by atoms with Crippen molar-refractivity contribution >= 4 is 17.2 Å². The number of aryl methyl sites for hydroxylation is 2. The van der Waals surface area contributed by atoms with Gasteiger partial charge in [0, 0.05) is 12.1 Å². The Kier molecular flexibility index (Phi) is 8.23. The minimum Gasteiger partial charge on any atom is -0.490 e. The zero-order chi connectivity index (χ0) is 24.1. The van der Waals surface area contributed by atoms with Gasteiger partial charge in [-0.15, -0.1) is 11.3 Å². The van der Waals surface area contributed by atoms with Gasteiger partial charge in [0.25, 0.3) is 5.89 Å². The van der Waals surface area contributed by atoms with Gasteiger partial charge in [-0.2, -0.15) is 4.98 Å². The molecule has 2 heterocycles. The quantitative estimate of drug-likeness (QED) is 0.413. The second-order valence-electron chi connectivity index (χ2n) is 8.60. The molecule has 0 radical (unpaired) electrons. The van der Waals surface area contributed by atoms with E-state index in [1.54, 1.807) is 11.3 Å². The third-order valence-electron chi connectivity index (χ3n) is 5.20. The molecule has 178 valence electrons. The summed E-state index contributed by atoms with van der Waals surface area (Å²) in [5.41, 5.74) is 5.04. The molecule has 0 aliphatic heterocycles. The second-order valence-corrected chi connectivity index (χ2v) is 9.48. The first-order valence-corrected chi connectivity index (χ1v) is 11.8. The van der Waals surface area contributed by atoms with Gasteiger partial charge in [-0.25, -0.2) is 0 Å². The summed E-state index contributed by atoms with van der Waals surface area (Å²) in [6, 6.07) is 3.82. The number of hydrogen-bond acceptors (Lipinski definition) is 8. The fourth-order valence-electron chi connectivity index (χ4n) is 3.57. The predicted molar refractivity (Wildman–Crippen MR) is 127 cm³/mol. The Morgan fingerprint density at radius 2 is 1.94 bits per heavy atom. The highest BCUT2D eigenvalue weighted by Crippen LogP contribution is 2.34. The van der Waals surface area contributed by atoms with E-state index >= 15 is 0 Å². The lowest BCUT2D eigenvalue weighted by Crippen LogP contribution is -2.36. The van der Waals surface area contributed by atoms with Crippen LogP contribution < -0.4 is 10.1 Å². The molecule has 8 nitrogen and oxygen atoms in total. The number of carbonyl (C=O) groups excluding carboxylic acids is 1. The maximum absolute atomic E-state index is 11.1. The van der Waals surface area contributed by atoms with Crippen molar-refractivity contribution < 1.29 is 24.3 Å². The van der Waals surface area contributed by atoms with Crippen molar-refractivity contribution in [3.63, 3.8) is 0 Å². The van der Waals surface area contributed by atoms with E-state index in [2.05, 4.69) is 41.6 Å². The van der Waals surface area contributed by atoms with Crippen LogP contribution in [0.25, 0.3) is 22.2 Å². The number of rotatable bonds is 10. The fraction of sp³-hybridized carbons (Fsp3) is 0.458. The van der Waals surface area contributed by atoms with Crippen molar-refractivity contribution in [3.8, 4) is 27.9 Å². The van der Waals surface area contributed by atoms with E-state index in [-0.39, 0.29) is 13.2 Å². The topological polar surface area (TPSA) is 118 Å². The van der Waals surface area contributed by atoms with E-state index in [4.69, 9.17) is 14.4 Å². The predicted octanol–water partition coefficient (Wildman–Crippen LogP) is 3.44. The van der Waals surface area contributed by atoms with Crippen LogP contribution in [0.5, 0.6) is 5.75 Å². The lowest BCUT2D eigenvalue weighted by atomic mass is 10.0. The lowest BCUT2D eigenvalue weighted by Gasteiger charge is -2.16. The molecule has 1 unspecified atom stereocenters. The van der Waals surface area contributed by atoms with Gasteiger partial charge >= 0.3 is 0 Å². The molecule has 1 aromatic carbocycles. The Morgan fingerprint density at radius 3 is 2.58 bits per heavy atom. The van der Waals surface area contributed by atoms with E-state index in [0.717, 1.165) is 28.0 Å². The number of ether oxygens (including phenoxy) is 1. The maximum atomic E-state index is 11.1.